The van der Waals surface area contributed by atoms with Crippen molar-refractivity contribution in [2.75, 3.05) is 23.3 Å². The van der Waals surface area contributed by atoms with E-state index < -0.39 is 11.8 Å². The molecule has 0 saturated carbocycles. The van der Waals surface area contributed by atoms with Gasteiger partial charge in [-0.1, -0.05) is 36.7 Å². The third kappa shape index (κ3) is 4.02. The predicted octanol–water partition coefficient (Wildman–Crippen LogP) is 4.61. The molecular formula is C25H26ClN3O3. The quantitative estimate of drug-likeness (QED) is 0.689. The summed E-state index contributed by atoms with van der Waals surface area (Å²) in [5.41, 5.74) is 3.39. The largest absolute Gasteiger partial charge is 0.350 e. The Bertz CT molecular complexity index is 1130. The first-order valence-corrected chi connectivity index (χ1v) is 11.2. The van der Waals surface area contributed by atoms with E-state index in [1.807, 2.05) is 24.8 Å². The second-order valence-electron chi connectivity index (χ2n) is 8.53. The van der Waals surface area contributed by atoms with Gasteiger partial charge in [-0.2, -0.15) is 0 Å². The van der Waals surface area contributed by atoms with Gasteiger partial charge in [0.15, 0.2) is 0 Å². The second kappa shape index (κ2) is 8.79. The lowest BCUT2D eigenvalue weighted by Crippen LogP contribution is -2.37. The van der Waals surface area contributed by atoms with Crippen molar-refractivity contribution in [3.8, 4) is 0 Å². The summed E-state index contributed by atoms with van der Waals surface area (Å²) in [6.45, 7) is 7.47. The van der Waals surface area contributed by atoms with E-state index in [1.54, 1.807) is 36.4 Å². The van der Waals surface area contributed by atoms with Crippen molar-refractivity contribution in [2.45, 2.75) is 33.6 Å². The highest BCUT2D eigenvalue weighted by atomic mass is 35.5. The molecule has 0 bridgehead atoms. The Morgan fingerprint density at radius 1 is 1.03 bits per heavy atom. The van der Waals surface area contributed by atoms with Gasteiger partial charge in [-0.25, -0.2) is 4.90 Å². The summed E-state index contributed by atoms with van der Waals surface area (Å²) in [5, 5.41) is 2.81. The van der Waals surface area contributed by atoms with Gasteiger partial charge in [0, 0.05) is 24.3 Å². The Kier molecular flexibility index (Phi) is 6.07. The molecule has 2 aliphatic heterocycles. The summed E-state index contributed by atoms with van der Waals surface area (Å²) in [6.07, 6.45) is 1.99. The van der Waals surface area contributed by atoms with Crippen LogP contribution in [0, 0.1) is 19.8 Å². The smallest absolute Gasteiger partial charge is 0.283 e. The van der Waals surface area contributed by atoms with Gasteiger partial charge in [-0.15, -0.1) is 0 Å². The van der Waals surface area contributed by atoms with E-state index in [9.17, 15) is 14.4 Å². The number of aryl methyl sites for hydroxylation is 1. The molecule has 0 aromatic heterocycles. The maximum absolute atomic E-state index is 13.1. The molecule has 3 amide bonds. The average molecular weight is 452 g/mol. The highest BCUT2D eigenvalue weighted by molar-refractivity contribution is 6.53. The number of hydrogen-bond donors (Lipinski definition) is 1. The van der Waals surface area contributed by atoms with Crippen LogP contribution in [0.2, 0.25) is 0 Å². The van der Waals surface area contributed by atoms with Crippen molar-refractivity contribution < 1.29 is 14.4 Å². The number of rotatable bonds is 4. The van der Waals surface area contributed by atoms with Crippen molar-refractivity contribution in [1.82, 2.24) is 4.90 Å². The van der Waals surface area contributed by atoms with Crippen LogP contribution in [-0.2, 0) is 9.59 Å². The van der Waals surface area contributed by atoms with Crippen molar-refractivity contribution >= 4 is 40.7 Å². The molecule has 6 nitrogen and oxygen atoms in total. The van der Waals surface area contributed by atoms with Crippen LogP contribution in [0.15, 0.2) is 53.2 Å². The number of benzene rings is 2. The number of piperidine rings is 1. The maximum atomic E-state index is 13.1. The van der Waals surface area contributed by atoms with Gasteiger partial charge in [0.05, 0.1) is 5.69 Å². The van der Waals surface area contributed by atoms with Crippen LogP contribution in [0.25, 0.3) is 0 Å². The molecule has 0 atom stereocenters. The molecule has 2 aromatic carbocycles. The molecule has 166 valence electrons. The van der Waals surface area contributed by atoms with Crippen LogP contribution in [0.3, 0.4) is 0 Å². The fourth-order valence-electron chi connectivity index (χ4n) is 4.08. The number of nitrogens with one attached hydrogen (secondary N) is 1. The van der Waals surface area contributed by atoms with E-state index >= 15 is 0 Å². The fraction of sp³-hybridized carbons (Fsp3) is 0.320. The molecule has 7 heteroatoms. The van der Waals surface area contributed by atoms with Crippen LogP contribution < -0.4 is 10.2 Å². The van der Waals surface area contributed by atoms with Crippen LogP contribution in [0.4, 0.5) is 11.4 Å². The number of hydrogen-bond acceptors (Lipinski definition) is 4. The zero-order chi connectivity index (χ0) is 23.0. The third-order valence-corrected chi connectivity index (χ3v) is 6.64. The molecular weight excluding hydrogens is 426 g/mol. The summed E-state index contributed by atoms with van der Waals surface area (Å²) in [7, 11) is 0. The molecule has 4 rings (SSSR count). The Morgan fingerprint density at radius 2 is 1.72 bits per heavy atom. The SMILES string of the molecule is Cc1cccc(N2C(=O)C(Cl)=C(Nc3cccc(C(=O)N4CCC(C)CC4)c3)C2=O)c1C. The Morgan fingerprint density at radius 3 is 2.44 bits per heavy atom. The highest BCUT2D eigenvalue weighted by Crippen LogP contribution is 2.33. The minimum atomic E-state index is -0.567. The highest BCUT2D eigenvalue weighted by Gasteiger charge is 2.39. The zero-order valence-corrected chi connectivity index (χ0v) is 19.2. The Hall–Kier alpha value is -3.12. The fourth-order valence-corrected chi connectivity index (χ4v) is 4.29. The Labute approximate surface area is 192 Å². The van der Waals surface area contributed by atoms with Gasteiger partial charge in [0.2, 0.25) is 0 Å². The van der Waals surface area contributed by atoms with Gasteiger partial charge >= 0.3 is 0 Å². The first-order valence-electron chi connectivity index (χ1n) is 10.8. The molecule has 2 heterocycles. The monoisotopic (exact) mass is 451 g/mol. The Balaban J connectivity index is 1.56. The van der Waals surface area contributed by atoms with Crippen LogP contribution >= 0.6 is 11.6 Å². The number of likely N-dealkylation sites (tertiary alicyclic amines) is 1. The lowest BCUT2D eigenvalue weighted by atomic mass is 9.98. The van der Waals surface area contributed by atoms with Gasteiger partial charge in [-0.05, 0) is 68.0 Å². The maximum Gasteiger partial charge on any atom is 0.283 e. The molecule has 1 fully saturated rings. The van der Waals surface area contributed by atoms with Crippen molar-refractivity contribution in [1.29, 1.82) is 0 Å². The molecule has 32 heavy (non-hydrogen) atoms. The van der Waals surface area contributed by atoms with E-state index in [4.69, 9.17) is 11.6 Å². The molecule has 2 aliphatic rings. The standard InChI is InChI=1S/C25H26ClN3O3/c1-15-10-12-28(13-11-15)23(30)18-7-5-8-19(14-18)27-22-21(26)24(31)29(25(22)32)20-9-4-6-16(2)17(20)3/h4-9,14-15,27H,10-13H2,1-3H3. The number of anilines is 2. The molecule has 0 aliphatic carbocycles. The summed E-state index contributed by atoms with van der Waals surface area (Å²) in [5.74, 6) is -0.489. The van der Waals surface area contributed by atoms with E-state index in [0.29, 0.717) is 22.9 Å². The molecule has 0 spiro atoms. The summed E-state index contributed by atoms with van der Waals surface area (Å²) in [4.78, 5) is 41.8. The molecule has 2 aromatic rings. The topological polar surface area (TPSA) is 69.7 Å². The second-order valence-corrected chi connectivity index (χ2v) is 8.91. The lowest BCUT2D eigenvalue weighted by Gasteiger charge is -2.30. The summed E-state index contributed by atoms with van der Waals surface area (Å²) >= 11 is 6.28. The minimum Gasteiger partial charge on any atom is -0.350 e. The number of imide groups is 1. The average Bonchev–Trinajstić information content (AvgIpc) is 2.99. The predicted molar refractivity (Wildman–Crippen MR) is 126 cm³/mol. The van der Waals surface area contributed by atoms with Crippen LogP contribution in [0.5, 0.6) is 0 Å². The van der Waals surface area contributed by atoms with Gasteiger partial charge < -0.3 is 10.2 Å². The molecule has 1 saturated heterocycles. The van der Waals surface area contributed by atoms with E-state index in [1.165, 1.54) is 0 Å². The lowest BCUT2D eigenvalue weighted by molar-refractivity contribution is -0.120. The van der Waals surface area contributed by atoms with Crippen molar-refractivity contribution in [3.63, 3.8) is 0 Å². The number of halogens is 1. The number of nitrogens with zero attached hydrogens (tertiary/aromatic N) is 2. The molecule has 1 N–H and O–H groups in total. The third-order valence-electron chi connectivity index (χ3n) is 6.29. The van der Waals surface area contributed by atoms with Crippen molar-refractivity contribution in [3.05, 3.63) is 69.9 Å². The van der Waals surface area contributed by atoms with E-state index in [2.05, 4.69) is 12.2 Å². The zero-order valence-electron chi connectivity index (χ0n) is 18.4. The first-order chi connectivity index (χ1) is 15.3. The van der Waals surface area contributed by atoms with Gasteiger partial charge in [-0.3, -0.25) is 14.4 Å². The normalized spacial score (nSPS) is 17.4. The molecule has 0 unspecified atom stereocenters. The van der Waals surface area contributed by atoms with Crippen LogP contribution in [0.1, 0.15) is 41.3 Å². The number of amides is 3. The van der Waals surface area contributed by atoms with Gasteiger partial charge in [0.1, 0.15) is 10.7 Å². The van der Waals surface area contributed by atoms with Crippen LogP contribution in [-0.4, -0.2) is 35.7 Å². The van der Waals surface area contributed by atoms with E-state index in [0.717, 1.165) is 42.0 Å². The number of carbonyl (C=O) groups excluding carboxylic acids is 3. The summed E-state index contributed by atoms with van der Waals surface area (Å²) < 4.78 is 0. The minimum absolute atomic E-state index is 0.00830. The summed E-state index contributed by atoms with van der Waals surface area (Å²) in [6, 6.07) is 12.4. The number of carbonyl (C=O) groups is 3. The first kappa shape index (κ1) is 22.1. The van der Waals surface area contributed by atoms with Crippen molar-refractivity contribution in [2.24, 2.45) is 5.92 Å². The molecule has 0 radical (unpaired) electrons. The van der Waals surface area contributed by atoms with E-state index in [-0.39, 0.29) is 16.6 Å². The van der Waals surface area contributed by atoms with Gasteiger partial charge in [0.25, 0.3) is 17.7 Å².